The number of fused-ring (bicyclic) bond motifs is 4. The lowest BCUT2D eigenvalue weighted by Crippen LogP contribution is -2.48. The number of hydrogen-bond donors (Lipinski definition) is 1. The molecule has 1 amide bonds. The third kappa shape index (κ3) is 2.77. The smallest absolute Gasteiger partial charge is 0.291 e. The van der Waals surface area contributed by atoms with Gasteiger partial charge in [-0.15, -0.1) is 0 Å². The van der Waals surface area contributed by atoms with Crippen LogP contribution in [0, 0.1) is 6.92 Å². The number of aromatic nitrogens is 2. The average Bonchev–Trinajstić information content (AvgIpc) is 3.15. The maximum Gasteiger partial charge on any atom is 0.291 e. The van der Waals surface area contributed by atoms with Crippen LogP contribution >= 0.6 is 11.6 Å². The maximum absolute atomic E-state index is 13.2. The molecule has 0 radical (unpaired) electrons. The molecule has 3 aromatic carbocycles. The van der Waals surface area contributed by atoms with E-state index in [1.54, 1.807) is 0 Å². The van der Waals surface area contributed by atoms with Crippen LogP contribution in [0.2, 0.25) is 5.02 Å². The van der Waals surface area contributed by atoms with Crippen molar-refractivity contribution in [2.24, 2.45) is 4.99 Å². The van der Waals surface area contributed by atoms with E-state index in [1.165, 1.54) is 0 Å². The number of para-hydroxylation sites is 3. The molecule has 2 aliphatic heterocycles. The summed E-state index contributed by atoms with van der Waals surface area (Å²) in [6.45, 7) is 1.98. The van der Waals surface area contributed by atoms with Gasteiger partial charge in [-0.1, -0.05) is 54.1 Å². The minimum absolute atomic E-state index is 0.244. The van der Waals surface area contributed by atoms with Crippen LogP contribution in [0.3, 0.4) is 0 Å². The van der Waals surface area contributed by atoms with E-state index in [0.29, 0.717) is 16.7 Å². The lowest BCUT2D eigenvalue weighted by molar-refractivity contribution is -0.110. The molecule has 2 aliphatic rings. The minimum Gasteiger partial charge on any atom is -0.317 e. The van der Waals surface area contributed by atoms with Crippen LogP contribution in [-0.4, -0.2) is 21.5 Å². The number of carbonyl (C=O) groups is 1. The van der Waals surface area contributed by atoms with E-state index in [4.69, 9.17) is 21.7 Å². The van der Waals surface area contributed by atoms with Gasteiger partial charge in [0.2, 0.25) is 5.84 Å². The highest BCUT2D eigenvalue weighted by Crippen LogP contribution is 2.47. The van der Waals surface area contributed by atoms with E-state index < -0.39 is 0 Å². The van der Waals surface area contributed by atoms with E-state index in [9.17, 15) is 4.79 Å². The van der Waals surface area contributed by atoms with Crippen molar-refractivity contribution in [2.75, 3.05) is 10.2 Å². The summed E-state index contributed by atoms with van der Waals surface area (Å²) in [6, 6.07) is 25.1. The van der Waals surface area contributed by atoms with Gasteiger partial charge in [-0.2, -0.15) is 5.10 Å². The monoisotopic (exact) mass is 439 g/mol. The van der Waals surface area contributed by atoms with Gasteiger partial charge in [-0.25, -0.2) is 9.67 Å². The van der Waals surface area contributed by atoms with E-state index in [-0.39, 0.29) is 11.9 Å². The Morgan fingerprint density at radius 2 is 1.66 bits per heavy atom. The number of nitrogens with zero attached hydrogens (tertiary/aromatic N) is 4. The second-order valence-electron chi connectivity index (χ2n) is 7.80. The number of halogens is 1. The molecular formula is C25H18ClN5O. The first-order valence-electron chi connectivity index (χ1n) is 10.3. The first-order valence-corrected chi connectivity index (χ1v) is 10.7. The predicted molar refractivity (Wildman–Crippen MR) is 126 cm³/mol. The van der Waals surface area contributed by atoms with Crippen LogP contribution in [-0.2, 0) is 4.79 Å². The van der Waals surface area contributed by atoms with Crippen molar-refractivity contribution in [2.45, 2.75) is 13.0 Å². The molecule has 1 unspecified atom stereocenters. The van der Waals surface area contributed by atoms with E-state index in [2.05, 4.69) is 5.32 Å². The summed E-state index contributed by atoms with van der Waals surface area (Å²) in [7, 11) is 0. The molecule has 7 heteroatoms. The van der Waals surface area contributed by atoms with Gasteiger partial charge in [-0.05, 0) is 48.9 Å². The van der Waals surface area contributed by atoms with E-state index >= 15 is 0 Å². The van der Waals surface area contributed by atoms with Crippen molar-refractivity contribution < 1.29 is 4.79 Å². The fraction of sp³-hybridized carbons (Fsp3) is 0.0800. The number of anilines is 2. The molecule has 0 saturated heterocycles. The number of nitrogens with one attached hydrogen (secondary N) is 1. The van der Waals surface area contributed by atoms with Gasteiger partial charge in [-0.3, -0.25) is 4.79 Å². The number of hydrogen-bond acceptors (Lipinski definition) is 4. The Bertz CT molecular complexity index is 1390. The van der Waals surface area contributed by atoms with Crippen molar-refractivity contribution in [3.63, 3.8) is 0 Å². The maximum atomic E-state index is 13.2. The van der Waals surface area contributed by atoms with Crippen molar-refractivity contribution in [3.05, 3.63) is 101 Å². The normalized spacial score (nSPS) is 16.6. The molecule has 0 bridgehead atoms. The third-order valence-electron chi connectivity index (χ3n) is 5.85. The first-order chi connectivity index (χ1) is 15.6. The van der Waals surface area contributed by atoms with Crippen molar-refractivity contribution in [3.8, 4) is 5.69 Å². The van der Waals surface area contributed by atoms with Crippen LogP contribution < -0.4 is 10.2 Å². The highest BCUT2D eigenvalue weighted by atomic mass is 35.5. The molecule has 1 aromatic heterocycles. The fourth-order valence-corrected chi connectivity index (χ4v) is 4.58. The molecular weight excluding hydrogens is 422 g/mol. The zero-order valence-electron chi connectivity index (χ0n) is 17.2. The van der Waals surface area contributed by atoms with Crippen LogP contribution in [0.25, 0.3) is 5.69 Å². The van der Waals surface area contributed by atoms with Gasteiger partial charge in [0.1, 0.15) is 0 Å². The van der Waals surface area contributed by atoms with Gasteiger partial charge in [0.15, 0.2) is 5.82 Å². The molecule has 156 valence electrons. The van der Waals surface area contributed by atoms with E-state index in [0.717, 1.165) is 33.9 Å². The predicted octanol–water partition coefficient (Wildman–Crippen LogP) is 5.43. The fourth-order valence-electron chi connectivity index (χ4n) is 4.45. The highest BCUT2D eigenvalue weighted by Gasteiger charge is 2.42. The Kier molecular flexibility index (Phi) is 4.16. The number of rotatable bonds is 2. The van der Waals surface area contributed by atoms with Crippen molar-refractivity contribution in [1.29, 1.82) is 0 Å². The Morgan fingerprint density at radius 1 is 0.938 bits per heavy atom. The highest BCUT2D eigenvalue weighted by molar-refractivity contribution is 6.50. The number of aliphatic imine (C=N–C) groups is 1. The SMILES string of the molecule is Cc1nn(-c2ccccc2)c2c1C(c1ccc(Cl)cc1)N1C(=N2)C(=O)Nc2ccccc21. The van der Waals surface area contributed by atoms with Crippen LogP contribution in [0.1, 0.15) is 22.9 Å². The topological polar surface area (TPSA) is 62.5 Å². The summed E-state index contributed by atoms with van der Waals surface area (Å²) in [5.74, 6) is 0.759. The molecule has 1 atom stereocenters. The van der Waals surface area contributed by atoms with Gasteiger partial charge >= 0.3 is 0 Å². The second-order valence-corrected chi connectivity index (χ2v) is 8.24. The first kappa shape index (κ1) is 18.8. The molecule has 0 aliphatic carbocycles. The molecule has 0 fully saturated rings. The minimum atomic E-state index is -0.278. The van der Waals surface area contributed by atoms with Crippen molar-refractivity contribution >= 4 is 40.5 Å². The molecule has 6 nitrogen and oxygen atoms in total. The molecule has 0 saturated carbocycles. The Morgan fingerprint density at radius 3 is 2.44 bits per heavy atom. The third-order valence-corrected chi connectivity index (χ3v) is 6.11. The number of amides is 1. The molecule has 6 rings (SSSR count). The molecule has 1 N–H and O–H groups in total. The molecule has 32 heavy (non-hydrogen) atoms. The summed E-state index contributed by atoms with van der Waals surface area (Å²) in [4.78, 5) is 20.0. The lowest BCUT2D eigenvalue weighted by Gasteiger charge is -2.40. The zero-order chi connectivity index (χ0) is 21.8. The molecule has 0 spiro atoms. The Balaban J connectivity index is 1.66. The Hall–Kier alpha value is -3.90. The quantitative estimate of drug-likeness (QED) is 0.453. The molecule has 3 heterocycles. The number of benzene rings is 3. The van der Waals surface area contributed by atoms with Crippen LogP contribution in [0.4, 0.5) is 17.2 Å². The number of aryl methyl sites for hydroxylation is 1. The zero-order valence-corrected chi connectivity index (χ0v) is 17.9. The standard InChI is InChI=1S/C25H18ClN5O/c1-15-21-22(16-11-13-17(26)14-12-16)30-20-10-6-5-9-19(20)27-25(32)24(30)28-23(21)31(29-15)18-7-3-2-4-8-18/h2-14,22H,1H3,(H,27,32). The summed E-state index contributed by atoms with van der Waals surface area (Å²) in [5.41, 5.74) is 5.36. The van der Waals surface area contributed by atoms with E-state index in [1.807, 2.05) is 95.4 Å². The van der Waals surface area contributed by atoms with Gasteiger partial charge in [0.05, 0.1) is 28.8 Å². The summed E-state index contributed by atoms with van der Waals surface area (Å²) >= 11 is 6.19. The van der Waals surface area contributed by atoms with Crippen LogP contribution in [0.5, 0.6) is 0 Å². The van der Waals surface area contributed by atoms with Gasteiger partial charge in [0, 0.05) is 10.6 Å². The summed E-state index contributed by atoms with van der Waals surface area (Å²) in [6.07, 6.45) is 0. The van der Waals surface area contributed by atoms with Gasteiger partial charge in [0.25, 0.3) is 5.91 Å². The van der Waals surface area contributed by atoms with Crippen LogP contribution in [0.15, 0.2) is 83.9 Å². The summed E-state index contributed by atoms with van der Waals surface area (Å²) in [5, 5.41) is 8.45. The summed E-state index contributed by atoms with van der Waals surface area (Å²) < 4.78 is 1.81. The second kappa shape index (κ2) is 7.07. The number of carbonyl (C=O) groups excluding carboxylic acids is 1. The lowest BCUT2D eigenvalue weighted by atomic mass is 9.93. The largest absolute Gasteiger partial charge is 0.317 e. The van der Waals surface area contributed by atoms with Gasteiger partial charge < -0.3 is 10.2 Å². The average molecular weight is 440 g/mol. The molecule has 4 aromatic rings. The van der Waals surface area contributed by atoms with Crippen molar-refractivity contribution in [1.82, 2.24) is 9.78 Å². The Labute approximate surface area is 189 Å². The number of amidine groups is 1.